The van der Waals surface area contributed by atoms with E-state index >= 15 is 0 Å². The van der Waals surface area contributed by atoms with E-state index in [0.717, 1.165) is 47.0 Å². The Kier molecular flexibility index (Phi) is 5.50. The second kappa shape index (κ2) is 8.61. The monoisotopic (exact) mass is 443 g/mol. The Morgan fingerprint density at radius 1 is 1.00 bits per heavy atom. The molecule has 2 amide bonds. The Bertz CT molecular complexity index is 1250. The molecule has 0 saturated carbocycles. The molecule has 3 heterocycles. The number of aromatic nitrogens is 4. The van der Waals surface area contributed by atoms with Gasteiger partial charge in [-0.1, -0.05) is 17.7 Å². The van der Waals surface area contributed by atoms with Crippen LogP contribution in [-0.2, 0) is 0 Å². The van der Waals surface area contributed by atoms with Crippen molar-refractivity contribution in [3.05, 3.63) is 60.3 Å². The molecule has 0 unspecified atom stereocenters. The first kappa shape index (κ1) is 21.1. The number of carbonyl (C=O) groups excluding carboxylic acids is 1. The van der Waals surface area contributed by atoms with Crippen LogP contribution in [0.3, 0.4) is 0 Å². The van der Waals surface area contributed by atoms with Gasteiger partial charge in [-0.3, -0.25) is 0 Å². The van der Waals surface area contributed by atoms with E-state index in [9.17, 15) is 4.79 Å². The number of benzene rings is 2. The average Bonchev–Trinajstić information content (AvgIpc) is 3.42. The minimum atomic E-state index is -0.0429. The molecule has 0 atom stereocenters. The van der Waals surface area contributed by atoms with Crippen LogP contribution in [0.1, 0.15) is 25.5 Å². The lowest BCUT2D eigenvalue weighted by molar-refractivity contribution is 0.208. The first-order valence-corrected chi connectivity index (χ1v) is 11.4. The van der Waals surface area contributed by atoms with Crippen LogP contribution in [-0.4, -0.2) is 56.9 Å². The molecule has 8 nitrogen and oxygen atoms in total. The number of nitrogens with one attached hydrogen (secondary N) is 2. The fourth-order valence-electron chi connectivity index (χ4n) is 4.17. The van der Waals surface area contributed by atoms with E-state index in [1.807, 2.05) is 47.0 Å². The zero-order valence-electron chi connectivity index (χ0n) is 19.2. The van der Waals surface area contributed by atoms with Gasteiger partial charge in [0.15, 0.2) is 5.65 Å². The molecule has 170 valence electrons. The fourth-order valence-corrected chi connectivity index (χ4v) is 4.17. The van der Waals surface area contributed by atoms with Crippen LogP contribution in [0.4, 0.5) is 16.2 Å². The van der Waals surface area contributed by atoms with Crippen molar-refractivity contribution >= 4 is 28.6 Å². The van der Waals surface area contributed by atoms with E-state index in [4.69, 9.17) is 4.98 Å². The molecule has 2 N–H and O–H groups in total. The van der Waals surface area contributed by atoms with Gasteiger partial charge in [-0.2, -0.15) is 5.10 Å². The summed E-state index contributed by atoms with van der Waals surface area (Å²) >= 11 is 0. The minimum absolute atomic E-state index is 0.0429. The van der Waals surface area contributed by atoms with Gasteiger partial charge in [-0.05, 0) is 57.2 Å². The SMILES string of the molecule is Cc1ccc(NC(=O)N2CCN(c3ccc(-c4nc5c(cnn5C(C)C)[nH]4)cc3)CC2)cc1. The molecule has 0 bridgehead atoms. The standard InChI is InChI=1S/C25H29N7O/c1-17(2)32-24-22(16-26-32)28-23(29-24)19-6-10-21(11-7-19)30-12-14-31(15-13-30)25(33)27-20-8-4-18(3)5-9-20/h4-11,16-17H,12-15H2,1-3H3,(H,27,33)(H,28,29). The van der Waals surface area contributed by atoms with Crippen LogP contribution in [0.2, 0.25) is 0 Å². The molecule has 5 rings (SSSR count). The van der Waals surface area contributed by atoms with Gasteiger partial charge in [-0.25, -0.2) is 14.5 Å². The molecule has 2 aromatic heterocycles. The van der Waals surface area contributed by atoms with Gasteiger partial charge in [0.1, 0.15) is 11.3 Å². The normalized spacial score (nSPS) is 14.3. The van der Waals surface area contributed by atoms with Crippen molar-refractivity contribution in [3.8, 4) is 11.4 Å². The smallest absolute Gasteiger partial charge is 0.321 e. The summed E-state index contributed by atoms with van der Waals surface area (Å²) in [5.41, 5.74) is 6.03. The van der Waals surface area contributed by atoms with Gasteiger partial charge in [0.25, 0.3) is 0 Å². The maximum absolute atomic E-state index is 12.6. The predicted molar refractivity (Wildman–Crippen MR) is 132 cm³/mol. The Morgan fingerprint density at radius 2 is 1.70 bits per heavy atom. The molecule has 8 heteroatoms. The summed E-state index contributed by atoms with van der Waals surface area (Å²) in [7, 11) is 0. The maximum atomic E-state index is 12.6. The first-order valence-electron chi connectivity index (χ1n) is 11.4. The van der Waals surface area contributed by atoms with Gasteiger partial charge in [0, 0.05) is 49.2 Å². The number of piperazine rings is 1. The second-order valence-electron chi connectivity index (χ2n) is 8.82. The molecule has 1 saturated heterocycles. The van der Waals surface area contributed by atoms with Crippen molar-refractivity contribution in [1.29, 1.82) is 0 Å². The molecule has 33 heavy (non-hydrogen) atoms. The highest BCUT2D eigenvalue weighted by Crippen LogP contribution is 2.25. The molecular weight excluding hydrogens is 414 g/mol. The van der Waals surface area contributed by atoms with E-state index in [1.54, 1.807) is 0 Å². The largest absolute Gasteiger partial charge is 0.368 e. The van der Waals surface area contributed by atoms with Crippen LogP contribution in [0.25, 0.3) is 22.6 Å². The first-order chi connectivity index (χ1) is 16.0. The summed E-state index contributed by atoms with van der Waals surface area (Å²) in [6.45, 7) is 9.21. The maximum Gasteiger partial charge on any atom is 0.321 e. The Morgan fingerprint density at radius 3 is 2.36 bits per heavy atom. The highest BCUT2D eigenvalue weighted by Gasteiger charge is 2.21. The van der Waals surface area contributed by atoms with E-state index in [2.05, 4.69) is 58.4 Å². The Hall–Kier alpha value is -3.81. The highest BCUT2D eigenvalue weighted by molar-refractivity contribution is 5.89. The second-order valence-corrected chi connectivity index (χ2v) is 8.82. The van der Waals surface area contributed by atoms with E-state index < -0.39 is 0 Å². The topological polar surface area (TPSA) is 82.1 Å². The van der Waals surface area contributed by atoms with Gasteiger partial charge >= 0.3 is 6.03 Å². The third-order valence-corrected chi connectivity index (χ3v) is 6.10. The van der Waals surface area contributed by atoms with Gasteiger partial charge in [0.05, 0.1) is 6.20 Å². The Balaban J connectivity index is 1.21. The third kappa shape index (κ3) is 4.28. The molecule has 4 aromatic rings. The number of amides is 2. The van der Waals surface area contributed by atoms with Crippen molar-refractivity contribution in [2.24, 2.45) is 0 Å². The van der Waals surface area contributed by atoms with Crippen LogP contribution in [0.5, 0.6) is 0 Å². The summed E-state index contributed by atoms with van der Waals surface area (Å²) in [5.74, 6) is 0.848. The van der Waals surface area contributed by atoms with Crippen molar-refractivity contribution < 1.29 is 4.79 Å². The number of urea groups is 1. The van der Waals surface area contributed by atoms with Gasteiger partial charge in [-0.15, -0.1) is 0 Å². The van der Waals surface area contributed by atoms with Gasteiger partial charge < -0.3 is 20.1 Å². The number of fused-ring (bicyclic) bond motifs is 1. The lowest BCUT2D eigenvalue weighted by Gasteiger charge is -2.36. The van der Waals surface area contributed by atoms with E-state index in [1.165, 1.54) is 5.56 Å². The summed E-state index contributed by atoms with van der Waals surface area (Å²) in [4.78, 5) is 24.9. The minimum Gasteiger partial charge on any atom is -0.368 e. The molecular formula is C25H29N7O. The van der Waals surface area contributed by atoms with Crippen LogP contribution >= 0.6 is 0 Å². The Labute approximate surface area is 193 Å². The number of aryl methyl sites for hydroxylation is 1. The molecule has 0 aliphatic carbocycles. The number of aromatic amines is 1. The third-order valence-electron chi connectivity index (χ3n) is 6.10. The number of anilines is 2. The lowest BCUT2D eigenvalue weighted by Crippen LogP contribution is -2.50. The van der Waals surface area contributed by atoms with E-state index in [-0.39, 0.29) is 12.1 Å². The molecule has 0 radical (unpaired) electrons. The van der Waals surface area contributed by atoms with Crippen molar-refractivity contribution in [2.75, 3.05) is 36.4 Å². The number of H-pyrrole nitrogens is 1. The highest BCUT2D eigenvalue weighted by atomic mass is 16.2. The van der Waals surface area contributed by atoms with Crippen LogP contribution in [0, 0.1) is 6.92 Å². The summed E-state index contributed by atoms with van der Waals surface area (Å²) in [6.07, 6.45) is 1.83. The van der Waals surface area contributed by atoms with Crippen molar-refractivity contribution in [1.82, 2.24) is 24.6 Å². The molecule has 0 spiro atoms. The van der Waals surface area contributed by atoms with Crippen LogP contribution < -0.4 is 10.2 Å². The molecule has 1 aliphatic heterocycles. The average molecular weight is 444 g/mol. The zero-order valence-corrected chi connectivity index (χ0v) is 19.2. The quantitative estimate of drug-likeness (QED) is 0.480. The number of hydrogen-bond donors (Lipinski definition) is 2. The number of imidazole rings is 1. The van der Waals surface area contributed by atoms with Crippen LogP contribution in [0.15, 0.2) is 54.7 Å². The lowest BCUT2D eigenvalue weighted by atomic mass is 10.1. The van der Waals surface area contributed by atoms with Gasteiger partial charge in [0.2, 0.25) is 0 Å². The zero-order chi connectivity index (χ0) is 22.9. The summed E-state index contributed by atoms with van der Waals surface area (Å²) in [5, 5.41) is 7.38. The number of carbonyl (C=O) groups is 1. The number of hydrogen-bond acceptors (Lipinski definition) is 4. The number of nitrogens with zero attached hydrogens (tertiary/aromatic N) is 5. The molecule has 1 fully saturated rings. The molecule has 1 aliphatic rings. The number of rotatable bonds is 4. The van der Waals surface area contributed by atoms with Crippen molar-refractivity contribution in [3.63, 3.8) is 0 Å². The van der Waals surface area contributed by atoms with E-state index in [0.29, 0.717) is 13.1 Å². The fraction of sp³-hybridized carbons (Fsp3) is 0.320. The predicted octanol–water partition coefficient (Wildman–Crippen LogP) is 4.67. The van der Waals surface area contributed by atoms with Crippen molar-refractivity contribution in [2.45, 2.75) is 26.8 Å². The summed E-state index contributed by atoms with van der Waals surface area (Å²) < 4.78 is 1.93. The molecule has 2 aromatic carbocycles. The summed E-state index contributed by atoms with van der Waals surface area (Å²) in [6, 6.07) is 16.5.